The third-order valence-corrected chi connectivity index (χ3v) is 3.58. The molecule has 0 saturated carbocycles. The van der Waals surface area contributed by atoms with E-state index < -0.39 is 0 Å². The van der Waals surface area contributed by atoms with Crippen molar-refractivity contribution in [1.82, 2.24) is 0 Å². The summed E-state index contributed by atoms with van der Waals surface area (Å²) in [4.78, 5) is 13.3. The maximum atomic E-state index is 14.6. The summed E-state index contributed by atoms with van der Waals surface area (Å²) in [7, 11) is 0. The Morgan fingerprint density at radius 2 is 1.84 bits per heavy atom. The van der Waals surface area contributed by atoms with Crippen molar-refractivity contribution in [3.8, 4) is 0 Å². The number of hydrogen-bond acceptors (Lipinski definition) is 2. The molecule has 104 valence electrons. The van der Waals surface area contributed by atoms with Crippen LogP contribution in [0.3, 0.4) is 0 Å². The van der Waals surface area contributed by atoms with E-state index in [0.717, 1.165) is 31.5 Å². The van der Waals surface area contributed by atoms with Crippen molar-refractivity contribution in [1.29, 1.82) is 0 Å². The predicted octanol–water partition coefficient (Wildman–Crippen LogP) is 3.47. The van der Waals surface area contributed by atoms with E-state index in [9.17, 15) is 9.18 Å². The minimum absolute atomic E-state index is 0.241. The summed E-state index contributed by atoms with van der Waals surface area (Å²) in [6, 6.07) is 3.69. The molecule has 1 aliphatic rings. The smallest absolute Gasteiger partial charge is 0.221 e. The van der Waals surface area contributed by atoms with Crippen molar-refractivity contribution in [2.24, 2.45) is 0 Å². The molecular weight excluding hydrogens is 243 g/mol. The van der Waals surface area contributed by atoms with Crippen LogP contribution in [-0.4, -0.2) is 19.0 Å². The monoisotopic (exact) mass is 264 g/mol. The number of nitrogens with zero attached hydrogens (tertiary/aromatic N) is 1. The lowest BCUT2D eigenvalue weighted by molar-refractivity contribution is -0.114. The van der Waals surface area contributed by atoms with Gasteiger partial charge >= 0.3 is 0 Å². The molecule has 1 amide bonds. The molecule has 2 rings (SSSR count). The molecule has 19 heavy (non-hydrogen) atoms. The second-order valence-electron chi connectivity index (χ2n) is 5.17. The Morgan fingerprint density at radius 3 is 2.42 bits per heavy atom. The second kappa shape index (κ2) is 6.04. The Labute approximate surface area is 113 Å². The first-order valence-corrected chi connectivity index (χ1v) is 6.91. The molecule has 1 fully saturated rings. The van der Waals surface area contributed by atoms with Gasteiger partial charge < -0.3 is 10.2 Å². The fourth-order valence-electron chi connectivity index (χ4n) is 2.55. The summed E-state index contributed by atoms with van der Waals surface area (Å²) in [5.74, 6) is -0.549. The van der Waals surface area contributed by atoms with Crippen LogP contribution in [0.1, 0.15) is 38.2 Å². The number of aryl methyl sites for hydroxylation is 1. The van der Waals surface area contributed by atoms with Crippen LogP contribution in [0.15, 0.2) is 12.1 Å². The molecule has 0 spiro atoms. The minimum atomic E-state index is -0.308. The maximum absolute atomic E-state index is 14.6. The Balaban J connectivity index is 2.32. The van der Waals surface area contributed by atoms with E-state index >= 15 is 0 Å². The quantitative estimate of drug-likeness (QED) is 0.887. The van der Waals surface area contributed by atoms with Crippen molar-refractivity contribution in [3.05, 3.63) is 23.5 Å². The number of hydrogen-bond donors (Lipinski definition) is 1. The highest BCUT2D eigenvalue weighted by Gasteiger charge is 2.18. The Morgan fingerprint density at radius 1 is 1.21 bits per heavy atom. The normalized spacial score (nSPS) is 16.1. The van der Waals surface area contributed by atoms with Gasteiger partial charge in [0, 0.05) is 20.0 Å². The topological polar surface area (TPSA) is 32.3 Å². The molecule has 1 saturated heterocycles. The largest absolute Gasteiger partial charge is 0.369 e. The third kappa shape index (κ3) is 3.25. The molecule has 1 heterocycles. The van der Waals surface area contributed by atoms with E-state index in [1.807, 2.05) is 12.1 Å². The number of nitrogens with one attached hydrogen (secondary N) is 1. The summed E-state index contributed by atoms with van der Waals surface area (Å²) < 4.78 is 14.6. The van der Waals surface area contributed by atoms with Gasteiger partial charge in [0.25, 0.3) is 0 Å². The maximum Gasteiger partial charge on any atom is 0.221 e. The van der Waals surface area contributed by atoms with Gasteiger partial charge in [-0.2, -0.15) is 0 Å². The van der Waals surface area contributed by atoms with Crippen molar-refractivity contribution in [2.75, 3.05) is 23.3 Å². The molecule has 0 radical (unpaired) electrons. The van der Waals surface area contributed by atoms with E-state index in [2.05, 4.69) is 10.2 Å². The fourth-order valence-corrected chi connectivity index (χ4v) is 2.55. The van der Waals surface area contributed by atoms with Crippen LogP contribution in [0.5, 0.6) is 0 Å². The SMILES string of the molecule is CC(=O)Nc1c(C)ccc(N2CCCCCC2)c1F. The standard InChI is InChI=1S/C15H21FN2O/c1-11-7-8-13(14(16)15(11)17-12(2)19)18-9-5-3-4-6-10-18/h7-8H,3-6,9-10H2,1-2H3,(H,17,19). The Bertz CT molecular complexity index is 465. The van der Waals surface area contributed by atoms with Gasteiger partial charge in [-0.15, -0.1) is 0 Å². The number of carbonyl (C=O) groups excluding carboxylic acids is 1. The number of amides is 1. The zero-order chi connectivity index (χ0) is 13.8. The molecular formula is C15H21FN2O. The lowest BCUT2D eigenvalue weighted by atomic mass is 10.1. The lowest BCUT2D eigenvalue weighted by Crippen LogP contribution is -2.25. The van der Waals surface area contributed by atoms with Gasteiger partial charge in [0.2, 0.25) is 5.91 Å². The van der Waals surface area contributed by atoms with Crippen LogP contribution in [0.4, 0.5) is 15.8 Å². The van der Waals surface area contributed by atoms with Gasteiger partial charge in [-0.05, 0) is 31.4 Å². The second-order valence-corrected chi connectivity index (χ2v) is 5.17. The molecule has 0 aliphatic carbocycles. The van der Waals surface area contributed by atoms with E-state index in [1.54, 1.807) is 6.92 Å². The summed E-state index contributed by atoms with van der Waals surface area (Å²) >= 11 is 0. The van der Waals surface area contributed by atoms with Gasteiger partial charge in [-0.1, -0.05) is 18.9 Å². The molecule has 4 heteroatoms. The molecule has 1 aromatic rings. The molecule has 1 N–H and O–H groups in total. The van der Waals surface area contributed by atoms with Crippen molar-refractivity contribution in [3.63, 3.8) is 0 Å². The molecule has 0 aromatic heterocycles. The van der Waals surface area contributed by atoms with Crippen molar-refractivity contribution >= 4 is 17.3 Å². The zero-order valence-corrected chi connectivity index (χ0v) is 11.6. The Kier molecular flexibility index (Phi) is 4.40. The highest BCUT2D eigenvalue weighted by Crippen LogP contribution is 2.30. The van der Waals surface area contributed by atoms with Crippen LogP contribution in [0.2, 0.25) is 0 Å². The third-order valence-electron chi connectivity index (χ3n) is 3.58. The number of benzene rings is 1. The zero-order valence-electron chi connectivity index (χ0n) is 11.6. The van der Waals surface area contributed by atoms with Crippen LogP contribution >= 0.6 is 0 Å². The van der Waals surface area contributed by atoms with Crippen molar-refractivity contribution < 1.29 is 9.18 Å². The summed E-state index contributed by atoms with van der Waals surface area (Å²) in [6.45, 7) is 4.98. The molecule has 0 atom stereocenters. The number of rotatable bonds is 2. The average Bonchev–Trinajstić information content (AvgIpc) is 2.63. The van der Waals surface area contributed by atoms with Gasteiger partial charge in [0.15, 0.2) is 5.82 Å². The van der Waals surface area contributed by atoms with E-state index in [4.69, 9.17) is 0 Å². The van der Waals surface area contributed by atoms with Gasteiger partial charge in [0.05, 0.1) is 11.4 Å². The molecule has 3 nitrogen and oxygen atoms in total. The molecule has 0 bridgehead atoms. The first-order chi connectivity index (χ1) is 9.09. The summed E-state index contributed by atoms with van der Waals surface area (Å²) in [5.41, 5.74) is 1.68. The summed E-state index contributed by atoms with van der Waals surface area (Å²) in [5, 5.41) is 2.60. The predicted molar refractivity (Wildman–Crippen MR) is 76.1 cm³/mol. The van der Waals surface area contributed by atoms with Crippen LogP contribution in [-0.2, 0) is 4.79 Å². The minimum Gasteiger partial charge on any atom is -0.369 e. The molecule has 0 unspecified atom stereocenters. The van der Waals surface area contributed by atoms with E-state index in [0.29, 0.717) is 11.4 Å². The number of anilines is 2. The van der Waals surface area contributed by atoms with E-state index in [-0.39, 0.29) is 11.7 Å². The molecule has 1 aromatic carbocycles. The lowest BCUT2D eigenvalue weighted by Gasteiger charge is -2.24. The van der Waals surface area contributed by atoms with Crippen molar-refractivity contribution in [2.45, 2.75) is 39.5 Å². The van der Waals surface area contributed by atoms with Crippen LogP contribution in [0.25, 0.3) is 0 Å². The summed E-state index contributed by atoms with van der Waals surface area (Å²) in [6.07, 6.45) is 4.62. The first kappa shape index (κ1) is 13.8. The Hall–Kier alpha value is -1.58. The highest BCUT2D eigenvalue weighted by atomic mass is 19.1. The van der Waals surface area contributed by atoms with Gasteiger partial charge in [-0.25, -0.2) is 4.39 Å². The fraction of sp³-hybridized carbons (Fsp3) is 0.533. The van der Waals surface area contributed by atoms with Gasteiger partial charge in [-0.3, -0.25) is 4.79 Å². The van der Waals surface area contributed by atoms with Crippen LogP contribution < -0.4 is 10.2 Å². The highest BCUT2D eigenvalue weighted by molar-refractivity contribution is 5.90. The van der Waals surface area contributed by atoms with Gasteiger partial charge in [0.1, 0.15) is 0 Å². The average molecular weight is 264 g/mol. The first-order valence-electron chi connectivity index (χ1n) is 6.91. The van der Waals surface area contributed by atoms with Crippen LogP contribution in [0, 0.1) is 12.7 Å². The van der Waals surface area contributed by atoms with E-state index in [1.165, 1.54) is 19.8 Å². The molecule has 1 aliphatic heterocycles. The number of carbonyl (C=O) groups is 1. The number of halogens is 1.